The number of anilines is 2. The van der Waals surface area contributed by atoms with Gasteiger partial charge in [-0.2, -0.15) is 0 Å². The lowest BCUT2D eigenvalue weighted by Gasteiger charge is -2.38. The number of piperazine rings is 1. The maximum atomic E-state index is 13.9. The normalized spacial score (nSPS) is 19.5. The molecule has 61 heavy (non-hydrogen) atoms. The third kappa shape index (κ3) is 10.1. The van der Waals surface area contributed by atoms with Crippen LogP contribution in [0.1, 0.15) is 69.2 Å². The number of amides is 3. The summed E-state index contributed by atoms with van der Waals surface area (Å²) in [5, 5.41) is 5.84. The van der Waals surface area contributed by atoms with Crippen molar-refractivity contribution >= 4 is 40.8 Å². The number of likely N-dealkylation sites (tertiary alicyclic amines) is 1. The lowest BCUT2D eigenvalue weighted by Crippen LogP contribution is -2.51. The Balaban J connectivity index is 1.04. The Bertz CT molecular complexity index is 2200. The van der Waals surface area contributed by atoms with Crippen molar-refractivity contribution in [3.8, 4) is 28.1 Å². The van der Waals surface area contributed by atoms with Crippen LogP contribution in [0.2, 0.25) is 5.02 Å². The molecule has 0 spiro atoms. The van der Waals surface area contributed by atoms with Crippen LogP contribution in [0.4, 0.5) is 24.7 Å². The molecule has 3 N–H and O–H groups in total. The fourth-order valence-corrected chi connectivity index (χ4v) is 8.62. The van der Waals surface area contributed by atoms with Crippen molar-refractivity contribution in [2.75, 3.05) is 63.2 Å². The number of imidazole rings is 1. The summed E-state index contributed by atoms with van der Waals surface area (Å²) in [6, 6.07) is 11.8. The number of carbonyl (C=O) groups is 3. The van der Waals surface area contributed by atoms with Crippen molar-refractivity contribution in [2.24, 2.45) is 17.3 Å². The van der Waals surface area contributed by atoms with E-state index in [4.69, 9.17) is 21.3 Å². The number of nitrogens with one attached hydrogen (secondary N) is 3. The van der Waals surface area contributed by atoms with Crippen LogP contribution in [0.5, 0.6) is 5.75 Å². The van der Waals surface area contributed by atoms with Gasteiger partial charge in [0.1, 0.15) is 17.4 Å². The highest BCUT2D eigenvalue weighted by molar-refractivity contribution is 6.34. The molecule has 17 heteroatoms. The zero-order valence-corrected chi connectivity index (χ0v) is 35.7. The molecule has 2 aromatic heterocycles. The minimum atomic E-state index is -5.04. The van der Waals surface area contributed by atoms with E-state index in [9.17, 15) is 27.6 Å². The Morgan fingerprint density at radius 2 is 1.67 bits per heavy atom. The Morgan fingerprint density at radius 1 is 0.984 bits per heavy atom. The van der Waals surface area contributed by atoms with Crippen LogP contribution in [-0.4, -0.2) is 108 Å². The second-order valence-electron chi connectivity index (χ2n) is 17.1. The topological polar surface area (TPSA) is 145 Å². The number of hydrogen-bond donors (Lipinski definition) is 3. The summed E-state index contributed by atoms with van der Waals surface area (Å²) in [5.41, 5.74) is 1.37. The van der Waals surface area contributed by atoms with Gasteiger partial charge in [-0.05, 0) is 61.9 Å². The Kier molecular flexibility index (Phi) is 13.0. The van der Waals surface area contributed by atoms with E-state index in [1.807, 2.05) is 42.5 Å². The molecule has 2 aromatic carbocycles. The van der Waals surface area contributed by atoms with Gasteiger partial charge in [0.25, 0.3) is 5.91 Å². The standard InChI is InChI=1S/C44H52ClF3N8O5/c1-26-20-35(56(25-26)41(58)38(49-5)29-12-18-60-19-13-29)39-51-24-34(52-39)28-8-6-27(7-9-28)31-21-32(45)33(22-36(31)61-44(46,47)48)53-40(57)30-10-11-37(50-23-30)54-14-16-55(17-15-54)42(59)43(2,3)4/h6-11,21-24,26,29,35,38,49H,12-20,25H2,1-5H3,(H,51,52)(H,53,57). The number of pyridine rings is 1. The van der Waals surface area contributed by atoms with Gasteiger partial charge in [-0.1, -0.05) is 63.6 Å². The van der Waals surface area contributed by atoms with Crippen molar-refractivity contribution in [1.82, 2.24) is 30.1 Å². The first kappa shape index (κ1) is 43.9. The van der Waals surface area contributed by atoms with Gasteiger partial charge in [-0.3, -0.25) is 14.4 Å². The van der Waals surface area contributed by atoms with Crippen molar-refractivity contribution in [3.63, 3.8) is 0 Å². The van der Waals surface area contributed by atoms with E-state index in [0.29, 0.717) is 74.4 Å². The third-order valence-corrected chi connectivity index (χ3v) is 11.9. The summed E-state index contributed by atoms with van der Waals surface area (Å²) in [6.07, 6.45) is 0.502. The summed E-state index contributed by atoms with van der Waals surface area (Å²) in [5.74, 6) is 0.719. The molecule has 0 aliphatic carbocycles. The van der Waals surface area contributed by atoms with E-state index in [1.54, 1.807) is 42.6 Å². The fourth-order valence-electron chi connectivity index (χ4n) is 8.41. The van der Waals surface area contributed by atoms with E-state index in [1.165, 1.54) is 12.3 Å². The highest BCUT2D eigenvalue weighted by Crippen LogP contribution is 2.41. The lowest BCUT2D eigenvalue weighted by atomic mass is 9.90. The van der Waals surface area contributed by atoms with Gasteiger partial charge in [-0.25, -0.2) is 9.97 Å². The SMILES string of the molecule is CNC(C(=O)N1CC(C)CC1c1nc(-c2ccc(-c3cc(Cl)c(NC(=O)c4ccc(N5CCN(C(=O)C(C)(C)C)CC5)nc4)cc3OC(F)(F)F)cc2)c[nH]1)C1CCOCC1. The maximum Gasteiger partial charge on any atom is 0.573 e. The predicted molar refractivity (Wildman–Crippen MR) is 226 cm³/mol. The number of hydrogen-bond acceptors (Lipinski definition) is 9. The van der Waals surface area contributed by atoms with E-state index in [-0.39, 0.29) is 57.6 Å². The molecular weight excluding hydrogens is 813 g/mol. The van der Waals surface area contributed by atoms with Gasteiger partial charge in [0.2, 0.25) is 11.8 Å². The van der Waals surface area contributed by atoms with Crippen LogP contribution in [-0.2, 0) is 14.3 Å². The summed E-state index contributed by atoms with van der Waals surface area (Å²) < 4.78 is 51.3. The number of nitrogens with zero attached hydrogens (tertiary/aromatic N) is 5. The molecular formula is C44H52ClF3N8O5. The number of aromatic nitrogens is 3. The van der Waals surface area contributed by atoms with Crippen LogP contribution in [0.15, 0.2) is 60.9 Å². The van der Waals surface area contributed by atoms with Crippen LogP contribution < -0.4 is 20.3 Å². The van der Waals surface area contributed by atoms with Gasteiger partial charge < -0.3 is 39.8 Å². The highest BCUT2D eigenvalue weighted by atomic mass is 35.5. The third-order valence-electron chi connectivity index (χ3n) is 11.6. The number of benzene rings is 2. The predicted octanol–water partition coefficient (Wildman–Crippen LogP) is 7.56. The molecule has 0 radical (unpaired) electrons. The van der Waals surface area contributed by atoms with Crippen LogP contribution >= 0.6 is 11.6 Å². The molecule has 3 aliphatic heterocycles. The second-order valence-corrected chi connectivity index (χ2v) is 17.5. The van der Waals surface area contributed by atoms with Gasteiger partial charge in [0.15, 0.2) is 0 Å². The van der Waals surface area contributed by atoms with E-state index < -0.39 is 23.4 Å². The van der Waals surface area contributed by atoms with Crippen molar-refractivity contribution in [2.45, 2.75) is 65.4 Å². The monoisotopic (exact) mass is 864 g/mol. The molecule has 3 fully saturated rings. The first-order chi connectivity index (χ1) is 29.0. The summed E-state index contributed by atoms with van der Waals surface area (Å²) >= 11 is 6.60. The Morgan fingerprint density at radius 3 is 2.30 bits per heavy atom. The highest BCUT2D eigenvalue weighted by Gasteiger charge is 2.41. The molecule has 4 aromatic rings. The quantitative estimate of drug-likeness (QED) is 0.147. The molecule has 326 valence electrons. The van der Waals surface area contributed by atoms with Gasteiger partial charge in [-0.15, -0.1) is 13.2 Å². The van der Waals surface area contributed by atoms with Crippen molar-refractivity contribution in [3.05, 3.63) is 77.3 Å². The molecule has 0 bridgehead atoms. The number of likely N-dealkylation sites (N-methyl/N-ethyl adjacent to an activating group) is 1. The molecule has 3 saturated heterocycles. The van der Waals surface area contributed by atoms with Crippen LogP contribution in [0.3, 0.4) is 0 Å². The number of rotatable bonds is 10. The number of H-pyrrole nitrogens is 1. The average Bonchev–Trinajstić information content (AvgIpc) is 3.89. The molecule has 3 atom stereocenters. The summed E-state index contributed by atoms with van der Waals surface area (Å²) in [7, 11) is 1.82. The number of halogens is 4. The molecule has 3 aliphatic rings. The zero-order chi connectivity index (χ0) is 43.6. The Labute approximate surface area is 358 Å². The van der Waals surface area contributed by atoms with Gasteiger partial charge >= 0.3 is 6.36 Å². The van der Waals surface area contributed by atoms with Crippen molar-refractivity contribution < 1.29 is 37.0 Å². The maximum absolute atomic E-state index is 13.9. The lowest BCUT2D eigenvalue weighted by molar-refractivity contribution is -0.274. The van der Waals surface area contributed by atoms with Crippen LogP contribution in [0.25, 0.3) is 22.4 Å². The number of carbonyl (C=O) groups excluding carboxylic acids is 3. The van der Waals surface area contributed by atoms with Crippen LogP contribution in [0, 0.1) is 17.3 Å². The number of ether oxygens (including phenoxy) is 2. The Hall–Kier alpha value is -5.19. The average molecular weight is 865 g/mol. The van der Waals surface area contributed by atoms with E-state index in [2.05, 4.69) is 32.3 Å². The number of aromatic amines is 1. The molecule has 7 rings (SSSR count). The van der Waals surface area contributed by atoms with Crippen molar-refractivity contribution in [1.29, 1.82) is 0 Å². The van der Waals surface area contributed by atoms with Gasteiger partial charge in [0, 0.05) is 80.9 Å². The molecule has 5 heterocycles. The second kappa shape index (κ2) is 18.0. The first-order valence-electron chi connectivity index (χ1n) is 20.6. The van der Waals surface area contributed by atoms with E-state index >= 15 is 0 Å². The minimum Gasteiger partial charge on any atom is -0.405 e. The van der Waals surface area contributed by atoms with Gasteiger partial charge in [0.05, 0.1) is 34.1 Å². The molecule has 0 saturated carbocycles. The zero-order valence-electron chi connectivity index (χ0n) is 34.9. The molecule has 3 unspecified atom stereocenters. The summed E-state index contributed by atoms with van der Waals surface area (Å²) in [6.45, 7) is 11.9. The summed E-state index contributed by atoms with van der Waals surface area (Å²) in [4.78, 5) is 58.2. The molecule has 3 amide bonds. The largest absolute Gasteiger partial charge is 0.573 e. The smallest absolute Gasteiger partial charge is 0.405 e. The number of alkyl halides is 3. The first-order valence-corrected chi connectivity index (χ1v) is 21.0. The fraction of sp³-hybridized carbons (Fsp3) is 0.477. The minimum absolute atomic E-state index is 0.00614. The molecule has 13 nitrogen and oxygen atoms in total. The van der Waals surface area contributed by atoms with E-state index in [0.717, 1.165) is 25.3 Å².